The fraction of sp³-hybridized carbons (Fsp3) is 0.815. The number of hydrogen-bond donors (Lipinski definition) is 0. The number of carbonyl (C=O) groups excluding carboxylic acids is 1. The van der Waals surface area contributed by atoms with Crippen LogP contribution in [0.25, 0.3) is 0 Å². The molecule has 0 amide bonds. The van der Waals surface area contributed by atoms with Gasteiger partial charge in [0.2, 0.25) is 0 Å². The van der Waals surface area contributed by atoms with Crippen molar-refractivity contribution in [1.29, 1.82) is 0 Å². The van der Waals surface area contributed by atoms with E-state index in [-0.39, 0.29) is 18.0 Å². The molecule has 0 N–H and O–H groups in total. The van der Waals surface area contributed by atoms with E-state index < -0.39 is 18.4 Å². The summed E-state index contributed by atoms with van der Waals surface area (Å²) in [5, 5.41) is 0. The molecule has 0 aliphatic heterocycles. The predicted molar refractivity (Wildman–Crippen MR) is 135 cm³/mol. The van der Waals surface area contributed by atoms with E-state index in [2.05, 4.69) is 66.4 Å². The van der Waals surface area contributed by atoms with E-state index in [4.69, 9.17) is 4.74 Å². The third-order valence-corrected chi connectivity index (χ3v) is 21.6. The van der Waals surface area contributed by atoms with Crippen molar-refractivity contribution >= 4 is 24.3 Å². The number of unbranched alkanes of at least 4 members (excludes halogenated alkanes) is 5. The molecule has 0 aliphatic rings. The van der Waals surface area contributed by atoms with Gasteiger partial charge in [-0.15, -0.1) is 0 Å². The summed E-state index contributed by atoms with van der Waals surface area (Å²) in [4.78, 5) is 13.6. The van der Waals surface area contributed by atoms with Crippen molar-refractivity contribution in [2.75, 3.05) is 0 Å². The summed E-state index contributed by atoms with van der Waals surface area (Å²) in [6.07, 6.45) is 13.4. The Morgan fingerprint density at radius 3 is 1.80 bits per heavy atom. The average Bonchev–Trinajstić information content (AvgIpc) is 2.73. The normalized spacial score (nSPS) is 13.1. The summed E-state index contributed by atoms with van der Waals surface area (Å²) in [6, 6.07) is 0. The van der Waals surface area contributed by atoms with E-state index in [1.807, 2.05) is 0 Å². The minimum atomic E-state index is -2.83. The first-order valence-corrected chi connectivity index (χ1v) is 20.3. The molecule has 0 aromatic heterocycles. The van der Waals surface area contributed by atoms with Gasteiger partial charge in [-0.25, -0.2) is 0 Å². The van der Waals surface area contributed by atoms with Gasteiger partial charge in [0.1, 0.15) is 0 Å². The zero-order valence-electron chi connectivity index (χ0n) is 21.2. The van der Waals surface area contributed by atoms with Crippen molar-refractivity contribution in [3.63, 3.8) is 0 Å². The number of esters is 1. The van der Waals surface area contributed by atoms with Gasteiger partial charge < -0.3 is 0 Å². The van der Waals surface area contributed by atoms with E-state index in [0.717, 1.165) is 29.3 Å². The van der Waals surface area contributed by atoms with Crippen LogP contribution in [-0.4, -0.2) is 30.5 Å². The number of rotatable bonds is 16. The summed E-state index contributed by atoms with van der Waals surface area (Å²) in [5.41, 5.74) is 0. The molecule has 3 heteroatoms. The Morgan fingerprint density at radius 2 is 1.40 bits per heavy atom. The second-order valence-electron chi connectivity index (χ2n) is 9.14. The van der Waals surface area contributed by atoms with Crippen LogP contribution in [0.3, 0.4) is 0 Å². The van der Waals surface area contributed by atoms with E-state index in [1.54, 1.807) is 0 Å². The van der Waals surface area contributed by atoms with Gasteiger partial charge >= 0.3 is 193 Å². The molecule has 0 spiro atoms. The predicted octanol–water partition coefficient (Wildman–Crippen LogP) is 8.47. The summed E-state index contributed by atoms with van der Waals surface area (Å²) in [5.74, 6) is 6.66. The molecule has 0 aromatic carbocycles. The molecule has 0 fully saturated rings. The summed E-state index contributed by atoms with van der Waals surface area (Å²) >= 11 is -2.83. The second kappa shape index (κ2) is 18.2. The van der Waals surface area contributed by atoms with Crippen molar-refractivity contribution in [2.24, 2.45) is 5.92 Å². The maximum atomic E-state index is 13.6. The van der Waals surface area contributed by atoms with E-state index in [0.29, 0.717) is 0 Å². The Kier molecular flexibility index (Phi) is 17.9. The van der Waals surface area contributed by atoms with Gasteiger partial charge in [0.15, 0.2) is 0 Å². The van der Waals surface area contributed by atoms with Crippen molar-refractivity contribution < 1.29 is 9.53 Å². The fourth-order valence-electron chi connectivity index (χ4n) is 3.94. The van der Waals surface area contributed by atoms with E-state index >= 15 is 0 Å². The molecule has 30 heavy (non-hydrogen) atoms. The van der Waals surface area contributed by atoms with Gasteiger partial charge in [-0.05, 0) is 0 Å². The molecule has 174 valence electrons. The molecule has 1 unspecified atom stereocenters. The molecule has 0 radical (unpaired) electrons. The van der Waals surface area contributed by atoms with Gasteiger partial charge in [0.05, 0.1) is 0 Å². The third-order valence-electron chi connectivity index (χ3n) is 5.91. The van der Waals surface area contributed by atoms with Gasteiger partial charge in [-0.1, -0.05) is 0 Å². The van der Waals surface area contributed by atoms with Crippen LogP contribution in [0.15, 0.2) is 9.67 Å². The van der Waals surface area contributed by atoms with Crippen molar-refractivity contribution in [3.05, 3.63) is 9.67 Å². The van der Waals surface area contributed by atoms with Crippen LogP contribution in [0.5, 0.6) is 0 Å². The number of carbonyl (C=O) groups is 1. The van der Waals surface area contributed by atoms with Crippen LogP contribution in [0, 0.1) is 17.8 Å². The third kappa shape index (κ3) is 11.3. The first-order chi connectivity index (χ1) is 14.4. The molecule has 0 saturated heterocycles. The Labute approximate surface area is 192 Å². The Bertz CT molecular complexity index is 517. The van der Waals surface area contributed by atoms with Crippen LogP contribution in [-0.2, 0) is 9.53 Å². The van der Waals surface area contributed by atoms with Gasteiger partial charge in [0, 0.05) is 0 Å². The van der Waals surface area contributed by atoms with Crippen LogP contribution >= 0.6 is 0 Å². The van der Waals surface area contributed by atoms with Crippen LogP contribution in [0.4, 0.5) is 0 Å². The minimum absolute atomic E-state index is 0.0212. The number of hydrogen-bond acceptors (Lipinski definition) is 2. The molecule has 0 aromatic rings. The number of allylic oxidation sites excluding steroid dienone is 1. The monoisotopic (exact) mass is 526 g/mol. The van der Waals surface area contributed by atoms with Crippen molar-refractivity contribution in [1.82, 2.24) is 0 Å². The molecule has 0 heterocycles. The first kappa shape index (κ1) is 29.6. The summed E-state index contributed by atoms with van der Waals surface area (Å²) < 4.78 is 11.2. The molecule has 0 saturated carbocycles. The Morgan fingerprint density at radius 1 is 0.867 bits per heavy atom. The summed E-state index contributed by atoms with van der Waals surface area (Å²) in [7, 11) is 0. The van der Waals surface area contributed by atoms with E-state index in [1.165, 1.54) is 51.8 Å². The first-order valence-electron chi connectivity index (χ1n) is 12.8. The van der Waals surface area contributed by atoms with Crippen LogP contribution < -0.4 is 0 Å². The van der Waals surface area contributed by atoms with Crippen molar-refractivity contribution in [2.45, 2.75) is 132 Å². The second-order valence-corrected chi connectivity index (χ2v) is 22.3. The Balaban J connectivity index is 6.01. The molecule has 1 atom stereocenters. The standard InChI is InChI=1S/C15H23O2.3C4H9.Sn/c1-5-7-9-11-14(13(3)4)17-15(16)12-10-8-6-2;3*1-3-4-2;/h10,13-14H,5-8H2,1-4H3;3*1,3-4H2,2H3;. The molecular weight excluding hydrogens is 475 g/mol. The molecule has 0 aliphatic carbocycles. The number of ether oxygens (including phenoxy) is 1. The summed E-state index contributed by atoms with van der Waals surface area (Å²) in [6.45, 7) is 15.4. The average molecular weight is 525 g/mol. The molecule has 2 nitrogen and oxygen atoms in total. The zero-order chi connectivity index (χ0) is 22.8. The van der Waals surface area contributed by atoms with Crippen LogP contribution in [0.1, 0.15) is 113 Å². The maximum absolute atomic E-state index is 13.6. The van der Waals surface area contributed by atoms with Crippen molar-refractivity contribution in [3.8, 4) is 11.8 Å². The van der Waals surface area contributed by atoms with Crippen LogP contribution in [0.2, 0.25) is 13.3 Å². The molecule has 0 rings (SSSR count). The quantitative estimate of drug-likeness (QED) is 0.0875. The Hall–Kier alpha value is -0.431. The fourth-order valence-corrected chi connectivity index (χ4v) is 20.3. The van der Waals surface area contributed by atoms with E-state index in [9.17, 15) is 4.79 Å². The SMILES string of the molecule is CCCC#CC(OC(=O)/[C](=C\CCC)[Sn]([CH2]CCC)([CH2]CCC)[CH2]CCC)C(C)C. The topological polar surface area (TPSA) is 26.3 Å². The molecular formula is C27H50O2Sn. The van der Waals surface area contributed by atoms with Gasteiger partial charge in [-0.2, -0.15) is 0 Å². The zero-order valence-corrected chi connectivity index (χ0v) is 24.1. The van der Waals surface area contributed by atoms with Gasteiger partial charge in [0.25, 0.3) is 0 Å². The van der Waals surface area contributed by atoms with Gasteiger partial charge in [-0.3, -0.25) is 0 Å². The molecule has 0 bridgehead atoms.